The van der Waals surface area contributed by atoms with E-state index in [9.17, 15) is 24.3 Å². The molecule has 2 atom stereocenters. The molecule has 2 rings (SSSR count). The van der Waals surface area contributed by atoms with E-state index in [-0.39, 0.29) is 12.6 Å². The van der Waals surface area contributed by atoms with E-state index in [2.05, 4.69) is 15.4 Å². The number of esters is 1. The Kier molecular flexibility index (Phi) is 9.64. The first kappa shape index (κ1) is 28.1. The Bertz CT molecular complexity index is 937. The van der Waals surface area contributed by atoms with Crippen molar-refractivity contribution in [3.05, 3.63) is 34.9 Å². The molecule has 0 saturated heterocycles. The van der Waals surface area contributed by atoms with Crippen LogP contribution in [0.5, 0.6) is 0 Å². The minimum atomic E-state index is -1.31. The first-order valence-corrected chi connectivity index (χ1v) is 11.7. The molecule has 3 N–H and O–H groups in total. The highest BCUT2D eigenvalue weighted by atomic mass is 16.6. The van der Waals surface area contributed by atoms with Gasteiger partial charge >= 0.3 is 12.1 Å². The Morgan fingerprint density at radius 3 is 2.29 bits per heavy atom. The van der Waals surface area contributed by atoms with Gasteiger partial charge < -0.3 is 30.1 Å². The van der Waals surface area contributed by atoms with Crippen molar-refractivity contribution in [1.29, 1.82) is 0 Å². The van der Waals surface area contributed by atoms with Crippen molar-refractivity contribution in [1.82, 2.24) is 15.5 Å². The number of hydrogen-bond acceptors (Lipinski definition) is 7. The van der Waals surface area contributed by atoms with Gasteiger partial charge in [-0.1, -0.05) is 18.2 Å². The third kappa shape index (κ3) is 7.68. The predicted molar refractivity (Wildman–Crippen MR) is 128 cm³/mol. The van der Waals surface area contributed by atoms with E-state index in [1.807, 2.05) is 26.0 Å². The second-order valence-corrected chi connectivity index (χ2v) is 9.75. The minimum Gasteiger partial charge on any atom is -0.468 e. The maximum Gasteiger partial charge on any atom is 0.408 e. The van der Waals surface area contributed by atoms with Crippen LogP contribution in [0.25, 0.3) is 0 Å². The summed E-state index contributed by atoms with van der Waals surface area (Å²) in [6.45, 7) is 7.86. The zero-order valence-electron chi connectivity index (χ0n) is 21.3. The SMILES string of the molecule is COC(=O)CNC(=O)C(c1ccc(C)c(C)c1)N(C(=O)C(CO)NC(=O)OC(C)(C)C)C1CCC1. The van der Waals surface area contributed by atoms with Gasteiger partial charge in [0.05, 0.1) is 13.7 Å². The number of aryl methyl sites for hydroxylation is 2. The lowest BCUT2D eigenvalue weighted by molar-refractivity contribution is -0.149. The fourth-order valence-electron chi connectivity index (χ4n) is 3.70. The summed E-state index contributed by atoms with van der Waals surface area (Å²) in [7, 11) is 1.22. The van der Waals surface area contributed by atoms with E-state index in [0.717, 1.165) is 17.5 Å². The molecule has 0 bridgehead atoms. The largest absolute Gasteiger partial charge is 0.468 e. The number of amides is 3. The third-order valence-electron chi connectivity index (χ3n) is 5.90. The number of carbonyl (C=O) groups excluding carboxylic acids is 4. The average molecular weight is 492 g/mol. The van der Waals surface area contributed by atoms with Gasteiger partial charge in [0, 0.05) is 6.04 Å². The highest BCUT2D eigenvalue weighted by Crippen LogP contribution is 2.34. The van der Waals surface area contributed by atoms with E-state index in [1.54, 1.807) is 26.8 Å². The maximum absolute atomic E-state index is 13.7. The van der Waals surface area contributed by atoms with Crippen molar-refractivity contribution in [2.24, 2.45) is 0 Å². The Morgan fingerprint density at radius 2 is 1.80 bits per heavy atom. The Labute approximate surface area is 206 Å². The number of ether oxygens (including phenoxy) is 2. The second-order valence-electron chi connectivity index (χ2n) is 9.75. The Morgan fingerprint density at radius 1 is 1.14 bits per heavy atom. The van der Waals surface area contributed by atoms with E-state index in [0.29, 0.717) is 18.4 Å². The van der Waals surface area contributed by atoms with Gasteiger partial charge in [0.15, 0.2) is 0 Å². The summed E-state index contributed by atoms with van der Waals surface area (Å²) in [4.78, 5) is 52.5. The number of aliphatic hydroxyl groups excluding tert-OH is 1. The number of alkyl carbamates (subject to hydrolysis) is 1. The summed E-state index contributed by atoms with van der Waals surface area (Å²) >= 11 is 0. The fourth-order valence-corrected chi connectivity index (χ4v) is 3.70. The van der Waals surface area contributed by atoms with Crippen LogP contribution in [0.3, 0.4) is 0 Å². The van der Waals surface area contributed by atoms with Crippen LogP contribution >= 0.6 is 0 Å². The van der Waals surface area contributed by atoms with E-state index < -0.39 is 48.2 Å². The van der Waals surface area contributed by atoms with Crippen molar-refractivity contribution >= 4 is 23.9 Å². The van der Waals surface area contributed by atoms with Crippen molar-refractivity contribution in [2.75, 3.05) is 20.3 Å². The van der Waals surface area contributed by atoms with E-state index >= 15 is 0 Å². The molecule has 0 aliphatic heterocycles. The summed E-state index contributed by atoms with van der Waals surface area (Å²) in [5, 5.41) is 14.9. The first-order valence-electron chi connectivity index (χ1n) is 11.7. The minimum absolute atomic E-state index is 0.271. The topological polar surface area (TPSA) is 134 Å². The lowest BCUT2D eigenvalue weighted by atomic mass is 9.87. The van der Waals surface area contributed by atoms with Gasteiger partial charge in [-0.15, -0.1) is 0 Å². The molecule has 0 aromatic heterocycles. The maximum atomic E-state index is 13.7. The lowest BCUT2D eigenvalue weighted by Crippen LogP contribution is -2.58. The molecule has 10 nitrogen and oxygen atoms in total. The molecule has 0 radical (unpaired) electrons. The van der Waals surface area contributed by atoms with Crippen LogP contribution in [0, 0.1) is 13.8 Å². The zero-order chi connectivity index (χ0) is 26.3. The second kappa shape index (κ2) is 12.0. The van der Waals surface area contributed by atoms with Crippen LogP contribution in [0.15, 0.2) is 18.2 Å². The van der Waals surface area contributed by atoms with Gasteiger partial charge in [0.2, 0.25) is 11.8 Å². The molecule has 1 fully saturated rings. The molecule has 35 heavy (non-hydrogen) atoms. The van der Waals surface area contributed by atoms with E-state index in [4.69, 9.17) is 4.74 Å². The number of hydrogen-bond donors (Lipinski definition) is 3. The molecule has 1 aromatic carbocycles. The van der Waals surface area contributed by atoms with Crippen LogP contribution in [0.2, 0.25) is 0 Å². The summed E-state index contributed by atoms with van der Waals surface area (Å²) < 4.78 is 9.86. The van der Waals surface area contributed by atoms with Gasteiger partial charge in [-0.05, 0) is 70.6 Å². The van der Waals surface area contributed by atoms with Crippen molar-refractivity contribution in [3.8, 4) is 0 Å². The summed E-state index contributed by atoms with van der Waals surface area (Å²) in [6, 6.07) is 2.79. The molecule has 194 valence electrons. The molecule has 1 aliphatic carbocycles. The number of methoxy groups -OCH3 is 1. The van der Waals surface area contributed by atoms with Crippen LogP contribution in [0.4, 0.5) is 4.79 Å². The van der Waals surface area contributed by atoms with Crippen LogP contribution in [-0.2, 0) is 23.9 Å². The van der Waals surface area contributed by atoms with Gasteiger partial charge in [-0.25, -0.2) is 4.79 Å². The Balaban J connectivity index is 2.44. The fraction of sp³-hybridized carbons (Fsp3) is 0.600. The summed E-state index contributed by atoms with van der Waals surface area (Å²) in [5.41, 5.74) is 1.71. The number of rotatable bonds is 9. The molecule has 3 amide bonds. The van der Waals surface area contributed by atoms with Crippen molar-refractivity contribution < 1.29 is 33.8 Å². The predicted octanol–water partition coefficient (Wildman–Crippen LogP) is 1.90. The lowest BCUT2D eigenvalue weighted by Gasteiger charge is -2.43. The highest BCUT2D eigenvalue weighted by Gasteiger charge is 2.42. The number of aliphatic hydroxyl groups is 1. The van der Waals surface area contributed by atoms with Gasteiger partial charge in [-0.2, -0.15) is 0 Å². The van der Waals surface area contributed by atoms with Crippen molar-refractivity contribution in [2.45, 2.75) is 77.6 Å². The summed E-state index contributed by atoms with van der Waals surface area (Å²) in [5.74, 6) is -1.80. The third-order valence-corrected chi connectivity index (χ3v) is 5.90. The Hall–Kier alpha value is -3.14. The highest BCUT2D eigenvalue weighted by molar-refractivity contribution is 5.93. The zero-order valence-corrected chi connectivity index (χ0v) is 21.3. The molecule has 1 aliphatic rings. The first-order chi connectivity index (χ1) is 16.4. The molecule has 0 heterocycles. The van der Waals surface area contributed by atoms with Gasteiger partial charge in [0.25, 0.3) is 0 Å². The molecular formula is C25H37N3O7. The molecule has 1 aromatic rings. The molecule has 10 heteroatoms. The monoisotopic (exact) mass is 491 g/mol. The standard InChI is InChI=1S/C25H37N3O7/c1-15-10-11-17(12-16(15)2)21(22(31)26-13-20(30)34-6)28(18-8-7-9-18)23(32)19(14-29)27-24(33)35-25(3,4)5/h10-12,18-19,21,29H,7-9,13-14H2,1-6H3,(H,26,31)(H,27,33). The average Bonchev–Trinajstić information content (AvgIpc) is 2.74. The molecule has 1 saturated carbocycles. The number of benzene rings is 1. The number of nitrogens with zero attached hydrogens (tertiary/aromatic N) is 1. The van der Waals surface area contributed by atoms with Gasteiger partial charge in [0.1, 0.15) is 24.2 Å². The molecule has 0 spiro atoms. The number of carbonyl (C=O) groups is 4. The summed E-state index contributed by atoms with van der Waals surface area (Å²) in [6.07, 6.45) is 1.36. The molecule has 2 unspecified atom stereocenters. The quantitative estimate of drug-likeness (QED) is 0.449. The number of nitrogens with one attached hydrogen (secondary N) is 2. The normalized spacial score (nSPS) is 15.3. The van der Waals surface area contributed by atoms with Crippen molar-refractivity contribution in [3.63, 3.8) is 0 Å². The molecular weight excluding hydrogens is 454 g/mol. The van der Waals surface area contributed by atoms with Crippen LogP contribution in [-0.4, -0.2) is 71.8 Å². The van der Waals surface area contributed by atoms with Crippen LogP contribution in [0.1, 0.15) is 62.8 Å². The smallest absolute Gasteiger partial charge is 0.408 e. The van der Waals surface area contributed by atoms with Gasteiger partial charge in [-0.3, -0.25) is 14.4 Å². The van der Waals surface area contributed by atoms with Crippen LogP contribution < -0.4 is 10.6 Å². The van der Waals surface area contributed by atoms with E-state index in [1.165, 1.54) is 12.0 Å².